The van der Waals surface area contributed by atoms with E-state index in [1.807, 2.05) is 29.6 Å². The van der Waals surface area contributed by atoms with Crippen LogP contribution in [-0.2, 0) is 13.1 Å². The Labute approximate surface area is 170 Å². The second-order valence-corrected chi connectivity index (χ2v) is 7.45. The number of thiophene rings is 1. The van der Waals surface area contributed by atoms with Crippen molar-refractivity contribution >= 4 is 34.0 Å². The van der Waals surface area contributed by atoms with Gasteiger partial charge in [-0.1, -0.05) is 24.3 Å². The summed E-state index contributed by atoms with van der Waals surface area (Å²) in [7, 11) is 0. The van der Waals surface area contributed by atoms with Gasteiger partial charge in [0.25, 0.3) is 0 Å². The number of nitrogens with zero attached hydrogens (tertiary/aromatic N) is 1. The molecule has 148 valence electrons. The number of carbonyl (C=O) groups is 1. The van der Waals surface area contributed by atoms with E-state index in [9.17, 15) is 13.6 Å². The third-order valence-corrected chi connectivity index (χ3v) is 5.63. The van der Waals surface area contributed by atoms with E-state index in [1.54, 1.807) is 11.3 Å². The second kappa shape index (κ2) is 8.05. The summed E-state index contributed by atoms with van der Waals surface area (Å²) in [6, 6.07) is 14.6. The molecule has 2 aromatic carbocycles. The highest BCUT2D eigenvalue weighted by Crippen LogP contribution is 2.36. The number of para-hydroxylation sites is 1. The Hall–Kier alpha value is -3.19. The maximum atomic E-state index is 13.8. The molecule has 0 atom stereocenters. The van der Waals surface area contributed by atoms with Crippen LogP contribution in [0.15, 0.2) is 60.0 Å². The number of urea groups is 1. The smallest absolute Gasteiger partial charge is 0.319 e. The maximum absolute atomic E-state index is 13.8. The number of halogens is 2. The van der Waals surface area contributed by atoms with Crippen LogP contribution < -0.4 is 10.6 Å². The first-order chi connectivity index (χ1) is 14.1. The van der Waals surface area contributed by atoms with Crippen molar-refractivity contribution in [3.63, 3.8) is 0 Å². The highest BCUT2D eigenvalue weighted by molar-refractivity contribution is 7.13. The minimum absolute atomic E-state index is 0.0710. The fourth-order valence-electron chi connectivity index (χ4n) is 3.50. The number of fused-ring (bicyclic) bond motifs is 1. The first-order valence-corrected chi connectivity index (χ1v) is 10.1. The zero-order chi connectivity index (χ0) is 20.4. The van der Waals surface area contributed by atoms with Gasteiger partial charge in [0.15, 0.2) is 0 Å². The fraction of sp³-hybridized carbons (Fsp3) is 0.136. The molecule has 0 saturated heterocycles. The predicted octanol–water partition coefficient (Wildman–Crippen LogP) is 5.99. The monoisotopic (exact) mass is 411 g/mol. The Balaban J connectivity index is 1.64. The molecule has 0 spiro atoms. The second-order valence-electron chi connectivity index (χ2n) is 6.50. The summed E-state index contributed by atoms with van der Waals surface area (Å²) in [5, 5.41) is 8.32. The lowest BCUT2D eigenvalue weighted by atomic mass is 10.1. The quantitative estimate of drug-likeness (QED) is 0.416. The lowest BCUT2D eigenvalue weighted by Crippen LogP contribution is -2.28. The van der Waals surface area contributed by atoms with Gasteiger partial charge < -0.3 is 15.2 Å². The van der Waals surface area contributed by atoms with E-state index >= 15 is 0 Å². The Morgan fingerprint density at radius 1 is 1.10 bits per heavy atom. The molecule has 4 nitrogen and oxygen atoms in total. The van der Waals surface area contributed by atoms with Gasteiger partial charge in [-0.05, 0) is 36.6 Å². The molecular weight excluding hydrogens is 392 g/mol. The first kappa shape index (κ1) is 19.1. The van der Waals surface area contributed by atoms with Crippen LogP contribution in [0.5, 0.6) is 0 Å². The van der Waals surface area contributed by atoms with Gasteiger partial charge in [0.1, 0.15) is 11.6 Å². The van der Waals surface area contributed by atoms with E-state index in [4.69, 9.17) is 0 Å². The third-order valence-electron chi connectivity index (χ3n) is 4.75. The predicted molar refractivity (Wildman–Crippen MR) is 113 cm³/mol. The Morgan fingerprint density at radius 3 is 2.66 bits per heavy atom. The summed E-state index contributed by atoms with van der Waals surface area (Å²) >= 11 is 1.64. The van der Waals surface area contributed by atoms with Crippen molar-refractivity contribution in [1.82, 2.24) is 9.88 Å². The van der Waals surface area contributed by atoms with Crippen LogP contribution in [0.4, 0.5) is 19.3 Å². The van der Waals surface area contributed by atoms with E-state index in [0.717, 1.165) is 45.7 Å². The van der Waals surface area contributed by atoms with Crippen LogP contribution in [0, 0.1) is 11.6 Å². The zero-order valence-electron chi connectivity index (χ0n) is 15.7. The number of carbonyl (C=O) groups excluding carboxylic acids is 1. The standard InChI is InChI=1S/C22H19F2N3OS/c1-2-27-19-7-4-3-6-15(19)16(21(27)20-8-5-11-29-20)13-25-22(28)26-18-10-9-14(23)12-17(18)24/h3-12H,2,13H2,1H3,(H2,25,26,28). The Morgan fingerprint density at radius 2 is 1.93 bits per heavy atom. The summed E-state index contributed by atoms with van der Waals surface area (Å²) in [6.07, 6.45) is 0. The molecule has 0 aliphatic carbocycles. The number of hydrogen-bond acceptors (Lipinski definition) is 2. The van der Waals surface area contributed by atoms with Gasteiger partial charge in [0.05, 0.1) is 16.3 Å². The number of aromatic nitrogens is 1. The lowest BCUT2D eigenvalue weighted by molar-refractivity contribution is 0.251. The number of hydrogen-bond donors (Lipinski definition) is 2. The molecule has 29 heavy (non-hydrogen) atoms. The Kier molecular flexibility index (Phi) is 5.31. The van der Waals surface area contributed by atoms with E-state index in [-0.39, 0.29) is 12.2 Å². The van der Waals surface area contributed by atoms with Crippen LogP contribution >= 0.6 is 11.3 Å². The van der Waals surface area contributed by atoms with Crippen LogP contribution in [0.2, 0.25) is 0 Å². The van der Waals surface area contributed by atoms with Gasteiger partial charge in [-0.15, -0.1) is 11.3 Å². The molecule has 0 bridgehead atoms. The van der Waals surface area contributed by atoms with E-state index in [2.05, 4.69) is 34.3 Å². The number of amides is 2. The summed E-state index contributed by atoms with van der Waals surface area (Å²) in [6.45, 7) is 3.15. The molecule has 0 aliphatic heterocycles. The van der Waals surface area contributed by atoms with Gasteiger partial charge in [0.2, 0.25) is 0 Å². The largest absolute Gasteiger partial charge is 0.340 e. The van der Waals surface area contributed by atoms with E-state index < -0.39 is 17.7 Å². The number of benzene rings is 2. The number of anilines is 1. The zero-order valence-corrected chi connectivity index (χ0v) is 16.5. The Bertz CT molecular complexity index is 1170. The molecule has 7 heteroatoms. The van der Waals surface area contributed by atoms with Crippen LogP contribution in [0.1, 0.15) is 12.5 Å². The average molecular weight is 411 g/mol. The van der Waals surface area contributed by atoms with Gasteiger partial charge in [-0.25, -0.2) is 13.6 Å². The first-order valence-electron chi connectivity index (χ1n) is 9.22. The molecule has 0 saturated carbocycles. The van der Waals surface area contributed by atoms with Crippen molar-refractivity contribution in [3.8, 4) is 10.6 Å². The highest BCUT2D eigenvalue weighted by atomic mass is 32.1. The number of rotatable bonds is 5. The minimum Gasteiger partial charge on any atom is -0.340 e. The maximum Gasteiger partial charge on any atom is 0.319 e. The van der Waals surface area contributed by atoms with Crippen molar-refractivity contribution < 1.29 is 13.6 Å². The lowest BCUT2D eigenvalue weighted by Gasteiger charge is -2.11. The third kappa shape index (κ3) is 3.73. The van der Waals surface area contributed by atoms with Crippen molar-refractivity contribution in [3.05, 3.63) is 77.2 Å². The van der Waals surface area contributed by atoms with E-state index in [0.29, 0.717) is 0 Å². The number of aryl methyl sites for hydroxylation is 1. The van der Waals surface area contributed by atoms with Gasteiger partial charge >= 0.3 is 6.03 Å². The molecule has 2 heterocycles. The summed E-state index contributed by atoms with van der Waals surface area (Å²) < 4.78 is 29.1. The van der Waals surface area contributed by atoms with Crippen molar-refractivity contribution in [1.29, 1.82) is 0 Å². The van der Waals surface area contributed by atoms with Crippen LogP contribution in [0.3, 0.4) is 0 Å². The number of nitrogens with one attached hydrogen (secondary N) is 2. The average Bonchev–Trinajstić information content (AvgIpc) is 3.34. The van der Waals surface area contributed by atoms with Gasteiger partial charge in [-0.3, -0.25) is 0 Å². The SMILES string of the molecule is CCn1c(-c2cccs2)c(CNC(=O)Nc2ccc(F)cc2F)c2ccccc21. The topological polar surface area (TPSA) is 46.1 Å². The summed E-state index contributed by atoms with van der Waals surface area (Å²) in [4.78, 5) is 13.5. The molecule has 0 unspecified atom stereocenters. The molecule has 2 aromatic heterocycles. The molecular formula is C22H19F2N3OS. The van der Waals surface area contributed by atoms with Gasteiger partial charge in [-0.2, -0.15) is 0 Å². The molecule has 0 radical (unpaired) electrons. The molecule has 0 fully saturated rings. The minimum atomic E-state index is -0.818. The molecule has 2 N–H and O–H groups in total. The van der Waals surface area contributed by atoms with Crippen molar-refractivity contribution in [2.75, 3.05) is 5.32 Å². The van der Waals surface area contributed by atoms with Gasteiger partial charge in [0, 0.05) is 35.6 Å². The van der Waals surface area contributed by atoms with Crippen molar-refractivity contribution in [2.24, 2.45) is 0 Å². The van der Waals surface area contributed by atoms with Crippen LogP contribution in [-0.4, -0.2) is 10.6 Å². The van der Waals surface area contributed by atoms with Crippen molar-refractivity contribution in [2.45, 2.75) is 20.0 Å². The van der Waals surface area contributed by atoms with E-state index in [1.165, 1.54) is 6.07 Å². The summed E-state index contributed by atoms with van der Waals surface area (Å²) in [5.74, 6) is -1.51. The molecule has 0 aliphatic rings. The molecule has 2 amide bonds. The van der Waals surface area contributed by atoms with Crippen LogP contribution in [0.25, 0.3) is 21.5 Å². The summed E-state index contributed by atoms with van der Waals surface area (Å²) in [5.41, 5.74) is 3.09. The molecule has 4 rings (SSSR count). The fourth-order valence-corrected chi connectivity index (χ4v) is 4.31. The highest BCUT2D eigenvalue weighted by Gasteiger charge is 2.19. The normalized spacial score (nSPS) is 11.0. The molecule has 4 aromatic rings.